The van der Waals surface area contributed by atoms with Gasteiger partial charge in [0, 0.05) is 227 Å². The van der Waals surface area contributed by atoms with Crippen molar-refractivity contribution in [2.75, 3.05) is 146 Å². The summed E-state index contributed by atoms with van der Waals surface area (Å²) in [6.07, 6.45) is 11.9. The van der Waals surface area contributed by atoms with E-state index in [2.05, 4.69) is 188 Å². The standard InChI is InChI=1S/2C28H32N6O2.C26H28N6O3.C26H28N6O2/c1-5-27(36)29-22-7-6-8-23(18-22)30-28-19(2)9-12-26(32-28)31-25-11-10-24(17-20(25)3)34-15-13-33(14-16-34)21(4)35;1-5-28(36)31-23-8-6-7-22(16-23)30-26-17-27(29-18-20(26)3)32-25-10-9-24(15-19(25)2)34-13-11-33(12-14-34)21(4)35;1-5-23(34)28-19-7-6-8-20(13-19)29-25-16(2)14-27-26(31-25)30-22-10-9-18-11-12-32(17(3)33)15-21(18)24(22)35-4;1-5-24(34)28-20-7-6-8-21(13-20)29-25-16(2)14-27-26(31-25)30-23-10-9-19-15-32(18(4)33)12-11-22(19)17(23)3/h5-12,17-18H,1,13-16H2,2-4H3,(H,29,36)(H2,30,31,32);5-10,15-18H,1,11-14H2,2-4H3,(H,31,36)(H2,29,30,32);5-10,13-14H,1,11-12,15H2,2-4H3,(H,28,34)(H2,27,29,30,31);5-10,13-14H,1,11-12,15H2,2-4H3,(H,28,34)(H2,27,29,30,31). The molecule has 0 unspecified atom stereocenters. The van der Waals surface area contributed by atoms with Gasteiger partial charge in [-0.2, -0.15) is 9.97 Å². The van der Waals surface area contributed by atoms with Crippen molar-refractivity contribution in [1.82, 2.24) is 49.5 Å². The van der Waals surface area contributed by atoms with Crippen LogP contribution in [0.15, 0.2) is 245 Å². The summed E-state index contributed by atoms with van der Waals surface area (Å²) in [6.45, 7) is 43.3. The number of amides is 8. The lowest BCUT2D eigenvalue weighted by molar-refractivity contribution is -0.130. The van der Waals surface area contributed by atoms with E-state index in [1.807, 2.05) is 175 Å². The number of nitrogens with zero attached hydrogens (tertiary/aromatic N) is 12. The molecule has 16 rings (SSSR count). The zero-order valence-corrected chi connectivity index (χ0v) is 81.6. The first-order valence-electron chi connectivity index (χ1n) is 46.3. The monoisotopic (exact) mass is 1900 g/mol. The highest BCUT2D eigenvalue weighted by atomic mass is 16.5. The molecule has 12 N–H and O–H groups in total. The Morgan fingerprint density at radius 1 is 0.319 bits per heavy atom. The lowest BCUT2D eigenvalue weighted by Crippen LogP contribution is -2.48. The first-order valence-corrected chi connectivity index (χ1v) is 46.3. The van der Waals surface area contributed by atoms with Crippen molar-refractivity contribution in [1.29, 1.82) is 0 Å². The highest BCUT2D eigenvalue weighted by Crippen LogP contribution is 2.39. The summed E-state index contributed by atoms with van der Waals surface area (Å²) in [4.78, 5) is 133. The Kier molecular flexibility index (Phi) is 34.1. The number of carbonyl (C=O) groups is 8. The molecule has 2 fully saturated rings. The number of aromatic nitrogens is 6. The second-order valence-corrected chi connectivity index (χ2v) is 34.3. The molecule has 33 heteroatoms. The van der Waals surface area contributed by atoms with Gasteiger partial charge in [0.1, 0.15) is 34.8 Å². The first-order chi connectivity index (χ1) is 67.8. The van der Waals surface area contributed by atoms with E-state index in [1.54, 1.807) is 59.3 Å². The maximum absolute atomic E-state index is 11.9. The third-order valence-electron chi connectivity index (χ3n) is 24.2. The third kappa shape index (κ3) is 27.6. The Balaban J connectivity index is 0.000000158. The number of anilines is 22. The van der Waals surface area contributed by atoms with Gasteiger partial charge < -0.3 is 97.9 Å². The largest absolute Gasteiger partial charge is 0.494 e. The minimum absolute atomic E-state index is 0.0433. The van der Waals surface area contributed by atoms with Crippen LogP contribution in [0.1, 0.15) is 88.9 Å². The molecule has 8 amide bonds. The molecule has 0 saturated carbocycles. The average Bonchev–Trinajstić information content (AvgIpc) is 0.755. The molecule has 8 heterocycles. The van der Waals surface area contributed by atoms with Crippen molar-refractivity contribution in [3.05, 3.63) is 306 Å². The quantitative estimate of drug-likeness (QED) is 0.0213. The molecule has 0 radical (unpaired) electrons. The molecule has 8 aromatic carbocycles. The van der Waals surface area contributed by atoms with Crippen LogP contribution in [0, 0.1) is 48.5 Å². The predicted molar refractivity (Wildman–Crippen MR) is 564 cm³/mol. The third-order valence-corrected chi connectivity index (χ3v) is 24.2. The number of carbonyl (C=O) groups excluding carboxylic acids is 8. The minimum Gasteiger partial charge on any atom is -0.494 e. The molecule has 4 aromatic heterocycles. The summed E-state index contributed by atoms with van der Waals surface area (Å²) in [5.41, 5.74) is 24.5. The van der Waals surface area contributed by atoms with Crippen molar-refractivity contribution in [2.24, 2.45) is 0 Å². The van der Waals surface area contributed by atoms with Crippen LogP contribution in [-0.4, -0.2) is 169 Å². The minimum atomic E-state index is -0.280. The van der Waals surface area contributed by atoms with E-state index in [9.17, 15) is 38.4 Å². The number of rotatable bonds is 27. The number of fused-ring (bicyclic) bond motifs is 2. The molecule has 0 bridgehead atoms. The van der Waals surface area contributed by atoms with Crippen molar-refractivity contribution in [3.8, 4) is 5.75 Å². The van der Waals surface area contributed by atoms with E-state index in [0.717, 1.165) is 196 Å². The zero-order chi connectivity index (χ0) is 101. The number of hydrogen-bond donors (Lipinski definition) is 12. The van der Waals surface area contributed by atoms with Crippen LogP contribution in [0.2, 0.25) is 0 Å². The maximum Gasteiger partial charge on any atom is 0.247 e. The topological polar surface area (TPSA) is 387 Å². The number of methoxy groups -OCH3 is 1. The van der Waals surface area contributed by atoms with Gasteiger partial charge in [0.2, 0.25) is 59.2 Å². The molecule has 0 aliphatic carbocycles. The Hall–Kier alpha value is -17.3. The number of ether oxygens (including phenoxy) is 1. The number of hydrogen-bond acceptors (Lipinski definition) is 25. The number of nitrogens with one attached hydrogen (secondary N) is 12. The normalized spacial score (nSPS) is 12.8. The van der Waals surface area contributed by atoms with E-state index in [0.29, 0.717) is 71.7 Å². The smallest absolute Gasteiger partial charge is 0.247 e. The molecule has 726 valence electrons. The molecule has 2 saturated heterocycles. The first kappa shape index (κ1) is 101. The Bertz CT molecular complexity index is 6510. The molecular formula is C108H120N24O9. The number of pyridine rings is 2. The highest BCUT2D eigenvalue weighted by Gasteiger charge is 2.28. The lowest BCUT2D eigenvalue weighted by Gasteiger charge is -2.35. The summed E-state index contributed by atoms with van der Waals surface area (Å²) in [6, 6.07) is 56.4. The summed E-state index contributed by atoms with van der Waals surface area (Å²) < 4.78 is 5.73. The SMILES string of the molecule is C=CC(=O)Nc1cccc(Nc2cc(Nc3ccc(N4CCN(C(C)=O)CC4)cc3C)ncc2C)c1.C=CC(=O)Nc1cccc(Nc2nc(Nc3ccc(N4CCN(C(C)=O)CC4)cc3C)ccc2C)c1.C=CC(=O)Nc1cccc(Nc2nc(Nc3ccc4c(c3C)CCN(C(C)=O)C4)ncc2C)c1.C=CC(=O)Nc1cccc(Nc2nc(Nc3ccc4c(c3OC)CN(C(C)=O)CC4)ncc2C)c1. The molecule has 0 atom stereocenters. The average molecular weight is 1900 g/mol. The van der Waals surface area contributed by atoms with E-state index in [-0.39, 0.29) is 47.3 Å². The Morgan fingerprint density at radius 3 is 1.15 bits per heavy atom. The van der Waals surface area contributed by atoms with Gasteiger partial charge in [-0.3, -0.25) is 38.4 Å². The van der Waals surface area contributed by atoms with Crippen LogP contribution in [0.4, 0.5) is 126 Å². The summed E-state index contributed by atoms with van der Waals surface area (Å²) in [5, 5.41) is 37.9. The van der Waals surface area contributed by atoms with E-state index >= 15 is 0 Å². The highest BCUT2D eigenvalue weighted by molar-refractivity contribution is 6.01. The van der Waals surface area contributed by atoms with Gasteiger partial charge in [-0.05, 0) is 258 Å². The number of benzene rings is 8. The van der Waals surface area contributed by atoms with E-state index in [1.165, 1.54) is 41.0 Å². The fourth-order valence-corrected chi connectivity index (χ4v) is 16.2. The summed E-state index contributed by atoms with van der Waals surface area (Å²) >= 11 is 0. The number of aryl methyl sites for hydroxylation is 6. The maximum atomic E-state index is 11.9. The van der Waals surface area contributed by atoms with Gasteiger partial charge in [0.05, 0.1) is 12.8 Å². The van der Waals surface area contributed by atoms with Gasteiger partial charge in [-0.15, -0.1) is 0 Å². The Morgan fingerprint density at radius 2 is 0.709 bits per heavy atom. The van der Waals surface area contributed by atoms with Crippen molar-refractivity contribution < 1.29 is 43.1 Å². The molecule has 0 spiro atoms. The molecule has 141 heavy (non-hydrogen) atoms. The fraction of sp³-hybridized carbons (Fsp3) is 0.241. The van der Waals surface area contributed by atoms with Crippen molar-refractivity contribution in [2.45, 2.75) is 102 Å². The number of piperazine rings is 2. The van der Waals surface area contributed by atoms with Crippen LogP contribution in [0.5, 0.6) is 5.75 Å². The van der Waals surface area contributed by atoms with Gasteiger partial charge >= 0.3 is 0 Å². The Labute approximate surface area is 822 Å². The van der Waals surface area contributed by atoms with Gasteiger partial charge in [0.15, 0.2) is 0 Å². The summed E-state index contributed by atoms with van der Waals surface area (Å²) in [5.74, 6) is 4.38. The molecular weight excluding hydrogens is 1780 g/mol. The molecule has 12 aromatic rings. The second kappa shape index (κ2) is 47.5. The summed E-state index contributed by atoms with van der Waals surface area (Å²) in [7, 11) is 1.62. The molecule has 33 nitrogen and oxygen atoms in total. The van der Waals surface area contributed by atoms with Crippen LogP contribution in [0.3, 0.4) is 0 Å². The van der Waals surface area contributed by atoms with E-state index in [4.69, 9.17) is 9.72 Å². The van der Waals surface area contributed by atoms with Crippen molar-refractivity contribution in [3.63, 3.8) is 0 Å². The van der Waals surface area contributed by atoms with Crippen LogP contribution >= 0.6 is 0 Å². The van der Waals surface area contributed by atoms with Crippen LogP contribution < -0.4 is 78.3 Å². The predicted octanol–water partition coefficient (Wildman–Crippen LogP) is 18.9. The van der Waals surface area contributed by atoms with Crippen LogP contribution in [-0.2, 0) is 64.3 Å². The van der Waals surface area contributed by atoms with Crippen LogP contribution in [0.25, 0.3) is 0 Å². The zero-order valence-electron chi connectivity index (χ0n) is 81.6. The molecule has 4 aliphatic heterocycles. The van der Waals surface area contributed by atoms with E-state index < -0.39 is 0 Å². The fourth-order valence-electron chi connectivity index (χ4n) is 16.2. The van der Waals surface area contributed by atoms with Gasteiger partial charge in [-0.1, -0.05) is 68.8 Å². The van der Waals surface area contributed by atoms with Crippen molar-refractivity contribution >= 4 is 174 Å². The van der Waals surface area contributed by atoms with Gasteiger partial charge in [0.25, 0.3) is 0 Å². The molecule has 4 aliphatic rings. The second-order valence-electron chi connectivity index (χ2n) is 34.3. The van der Waals surface area contributed by atoms with Gasteiger partial charge in [-0.25, -0.2) is 19.9 Å². The lowest BCUT2D eigenvalue weighted by atomic mass is 9.94.